The number of aryl methyl sites for hydroxylation is 1. The molecule has 0 radical (unpaired) electrons. The molecule has 5 heteroatoms. The third-order valence-corrected chi connectivity index (χ3v) is 5.02. The Morgan fingerprint density at radius 2 is 2.08 bits per heavy atom. The van der Waals surface area contributed by atoms with Gasteiger partial charge >= 0.3 is 0 Å². The zero-order valence-corrected chi connectivity index (χ0v) is 15.6. The number of piperidine rings is 1. The summed E-state index contributed by atoms with van der Waals surface area (Å²) in [5.74, 6) is 1.04. The molecule has 2 aromatic rings. The molecule has 0 aliphatic carbocycles. The first-order valence-corrected chi connectivity index (χ1v) is 9.17. The average molecular weight is 354 g/mol. The lowest BCUT2D eigenvalue weighted by atomic mass is 9.90. The Morgan fingerprint density at radius 3 is 2.77 bits per heavy atom. The second-order valence-electron chi connectivity index (χ2n) is 7.26. The van der Waals surface area contributed by atoms with Gasteiger partial charge in [-0.2, -0.15) is 0 Å². The molecular weight excluding hydrogens is 328 g/mol. The van der Waals surface area contributed by atoms with Crippen LogP contribution in [0.15, 0.2) is 47.1 Å². The Bertz CT molecular complexity index is 769. The number of amides is 2. The van der Waals surface area contributed by atoms with Crippen LogP contribution in [0.25, 0.3) is 0 Å². The molecule has 1 saturated heterocycles. The van der Waals surface area contributed by atoms with Crippen LogP contribution in [-0.2, 0) is 4.79 Å². The number of furan rings is 1. The van der Waals surface area contributed by atoms with E-state index >= 15 is 0 Å². The topological polar surface area (TPSA) is 62.6 Å². The lowest BCUT2D eigenvalue weighted by Gasteiger charge is -2.38. The van der Waals surface area contributed by atoms with Crippen molar-refractivity contribution in [3.8, 4) is 0 Å². The minimum absolute atomic E-state index is 0.0698. The van der Waals surface area contributed by atoms with Crippen LogP contribution in [0.5, 0.6) is 0 Å². The predicted octanol–water partition coefficient (Wildman–Crippen LogP) is 3.71. The van der Waals surface area contributed by atoms with Crippen LogP contribution in [0.2, 0.25) is 0 Å². The summed E-state index contributed by atoms with van der Waals surface area (Å²) in [6.45, 7) is 6.55. The monoisotopic (exact) mass is 354 g/mol. The van der Waals surface area contributed by atoms with Crippen molar-refractivity contribution in [2.75, 3.05) is 6.54 Å². The van der Waals surface area contributed by atoms with Gasteiger partial charge in [-0.15, -0.1) is 0 Å². The Hall–Kier alpha value is -2.56. The van der Waals surface area contributed by atoms with Crippen LogP contribution in [-0.4, -0.2) is 29.3 Å². The van der Waals surface area contributed by atoms with E-state index in [1.165, 1.54) is 0 Å². The molecule has 5 nitrogen and oxygen atoms in total. The zero-order valence-electron chi connectivity index (χ0n) is 15.6. The van der Waals surface area contributed by atoms with Crippen LogP contribution in [0, 0.1) is 12.8 Å². The molecule has 0 spiro atoms. The molecule has 1 aromatic heterocycles. The van der Waals surface area contributed by atoms with E-state index in [2.05, 4.69) is 12.2 Å². The summed E-state index contributed by atoms with van der Waals surface area (Å²) in [5, 5.41) is 2.84. The van der Waals surface area contributed by atoms with E-state index < -0.39 is 6.04 Å². The molecule has 1 aromatic carbocycles. The van der Waals surface area contributed by atoms with Gasteiger partial charge in [0, 0.05) is 12.1 Å². The molecule has 3 unspecified atom stereocenters. The van der Waals surface area contributed by atoms with Gasteiger partial charge in [0.15, 0.2) is 0 Å². The van der Waals surface area contributed by atoms with Gasteiger partial charge < -0.3 is 14.6 Å². The first kappa shape index (κ1) is 18.2. The van der Waals surface area contributed by atoms with Gasteiger partial charge in [-0.1, -0.05) is 24.6 Å². The van der Waals surface area contributed by atoms with Crippen molar-refractivity contribution in [1.29, 1.82) is 0 Å². The van der Waals surface area contributed by atoms with Crippen LogP contribution in [0.4, 0.5) is 0 Å². The molecule has 3 atom stereocenters. The number of hydrogen-bond acceptors (Lipinski definition) is 3. The molecular formula is C21H26N2O3. The van der Waals surface area contributed by atoms with Gasteiger partial charge in [0.05, 0.1) is 12.3 Å². The molecule has 0 bridgehead atoms. The molecule has 1 fully saturated rings. The smallest absolute Gasteiger partial charge is 0.251 e. The second kappa shape index (κ2) is 7.77. The fraction of sp³-hybridized carbons (Fsp3) is 0.429. The van der Waals surface area contributed by atoms with Gasteiger partial charge in [0.25, 0.3) is 5.91 Å². The SMILES string of the molecule is Cc1cccc(C(=O)NC(C)C(=O)N2CCC(C)CC2c2ccco2)c1. The van der Waals surface area contributed by atoms with E-state index in [-0.39, 0.29) is 17.9 Å². The van der Waals surface area contributed by atoms with E-state index in [1.54, 1.807) is 19.3 Å². The van der Waals surface area contributed by atoms with Crippen molar-refractivity contribution in [3.05, 3.63) is 59.5 Å². The minimum Gasteiger partial charge on any atom is -0.467 e. The molecule has 138 valence electrons. The fourth-order valence-electron chi connectivity index (χ4n) is 3.53. The van der Waals surface area contributed by atoms with Crippen LogP contribution < -0.4 is 5.32 Å². The van der Waals surface area contributed by atoms with Gasteiger partial charge in [-0.3, -0.25) is 9.59 Å². The molecule has 26 heavy (non-hydrogen) atoms. The first-order valence-electron chi connectivity index (χ1n) is 9.17. The van der Waals surface area contributed by atoms with Crippen molar-refractivity contribution in [3.63, 3.8) is 0 Å². The molecule has 2 amide bonds. The molecule has 1 aliphatic heterocycles. The van der Waals surface area contributed by atoms with Crippen molar-refractivity contribution < 1.29 is 14.0 Å². The van der Waals surface area contributed by atoms with Gasteiger partial charge in [-0.05, 0) is 56.9 Å². The standard InChI is InChI=1S/C21H26N2O3/c1-14-6-4-7-17(12-14)20(24)22-16(3)21(25)23-10-9-15(2)13-18(23)19-8-5-11-26-19/h4-8,11-12,15-16,18H,9-10,13H2,1-3H3,(H,22,24). The van der Waals surface area contributed by atoms with Crippen molar-refractivity contribution >= 4 is 11.8 Å². The average Bonchev–Trinajstić information content (AvgIpc) is 3.15. The molecule has 2 heterocycles. The van der Waals surface area contributed by atoms with Crippen molar-refractivity contribution in [1.82, 2.24) is 10.2 Å². The quantitative estimate of drug-likeness (QED) is 0.910. The number of benzene rings is 1. The lowest BCUT2D eigenvalue weighted by Crippen LogP contribution is -2.50. The molecule has 3 rings (SSSR count). The van der Waals surface area contributed by atoms with E-state index in [0.717, 1.165) is 24.2 Å². The van der Waals surface area contributed by atoms with Crippen LogP contribution >= 0.6 is 0 Å². The summed E-state index contributed by atoms with van der Waals surface area (Å²) in [4.78, 5) is 27.3. The maximum atomic E-state index is 13.0. The third kappa shape index (κ3) is 3.98. The lowest BCUT2D eigenvalue weighted by molar-refractivity contribution is -0.138. The van der Waals surface area contributed by atoms with E-state index in [9.17, 15) is 9.59 Å². The molecule has 0 saturated carbocycles. The maximum Gasteiger partial charge on any atom is 0.251 e. The Labute approximate surface area is 154 Å². The number of rotatable bonds is 4. The molecule has 1 aliphatic rings. The summed E-state index contributed by atoms with van der Waals surface area (Å²) < 4.78 is 5.56. The largest absolute Gasteiger partial charge is 0.467 e. The van der Waals surface area contributed by atoms with Crippen molar-refractivity contribution in [2.24, 2.45) is 5.92 Å². The normalized spacial score (nSPS) is 21.3. The number of likely N-dealkylation sites (tertiary alicyclic amines) is 1. The first-order chi connectivity index (χ1) is 12.5. The highest BCUT2D eigenvalue weighted by Crippen LogP contribution is 2.34. The highest BCUT2D eigenvalue weighted by molar-refractivity contribution is 5.97. The predicted molar refractivity (Wildman–Crippen MR) is 99.7 cm³/mol. The highest BCUT2D eigenvalue weighted by atomic mass is 16.3. The Kier molecular flexibility index (Phi) is 5.45. The number of carbonyl (C=O) groups is 2. The summed E-state index contributed by atoms with van der Waals surface area (Å²) in [6, 6.07) is 10.5. The van der Waals surface area contributed by atoms with Gasteiger partial charge in [0.2, 0.25) is 5.91 Å². The van der Waals surface area contributed by atoms with Crippen LogP contribution in [0.1, 0.15) is 54.4 Å². The van der Waals surface area contributed by atoms with Gasteiger partial charge in [0.1, 0.15) is 11.8 Å². The van der Waals surface area contributed by atoms with Gasteiger partial charge in [-0.25, -0.2) is 0 Å². The van der Waals surface area contributed by atoms with Crippen molar-refractivity contribution in [2.45, 2.75) is 45.7 Å². The zero-order chi connectivity index (χ0) is 18.7. The fourth-order valence-corrected chi connectivity index (χ4v) is 3.53. The molecule has 1 N–H and O–H groups in total. The maximum absolute atomic E-state index is 13.0. The summed E-state index contributed by atoms with van der Waals surface area (Å²) >= 11 is 0. The third-order valence-electron chi connectivity index (χ3n) is 5.02. The van der Waals surface area contributed by atoms with Crippen LogP contribution in [0.3, 0.4) is 0 Å². The summed E-state index contributed by atoms with van der Waals surface area (Å²) in [5.41, 5.74) is 1.58. The number of hydrogen-bond donors (Lipinski definition) is 1. The highest BCUT2D eigenvalue weighted by Gasteiger charge is 2.35. The Morgan fingerprint density at radius 1 is 1.27 bits per heavy atom. The number of carbonyl (C=O) groups excluding carboxylic acids is 2. The van der Waals surface area contributed by atoms with E-state index in [4.69, 9.17) is 4.42 Å². The number of nitrogens with one attached hydrogen (secondary N) is 1. The summed E-state index contributed by atoms with van der Waals surface area (Å²) in [7, 11) is 0. The van der Waals surface area contributed by atoms with E-state index in [0.29, 0.717) is 18.0 Å². The summed E-state index contributed by atoms with van der Waals surface area (Å²) in [6.07, 6.45) is 3.47. The van der Waals surface area contributed by atoms with E-state index in [1.807, 2.05) is 42.2 Å². The second-order valence-corrected chi connectivity index (χ2v) is 7.26. The Balaban J connectivity index is 1.71. The minimum atomic E-state index is -0.589. The number of nitrogens with zero attached hydrogens (tertiary/aromatic N) is 1.